The number of nitrogens with two attached hydrogens (primary N) is 1. The van der Waals surface area contributed by atoms with Crippen molar-refractivity contribution in [3.63, 3.8) is 0 Å². The van der Waals surface area contributed by atoms with Gasteiger partial charge in [0.25, 0.3) is 10.0 Å². The fourth-order valence-electron chi connectivity index (χ4n) is 2.16. The maximum atomic E-state index is 12.5. The Morgan fingerprint density at radius 2 is 2.16 bits per heavy atom. The van der Waals surface area contributed by atoms with Crippen molar-refractivity contribution in [2.24, 2.45) is 11.8 Å². The summed E-state index contributed by atoms with van der Waals surface area (Å²) >= 11 is 0. The Bertz CT molecular complexity index is 526. The molecule has 1 aliphatic rings. The molecule has 1 fully saturated rings. The molecule has 2 rings (SSSR count). The first-order valence-electron chi connectivity index (χ1n) is 6.12. The average molecular weight is 286 g/mol. The molecule has 1 aliphatic heterocycles. The molecule has 8 heteroatoms. The van der Waals surface area contributed by atoms with Gasteiger partial charge in [0.2, 0.25) is 0 Å². The zero-order chi connectivity index (χ0) is 13.9. The van der Waals surface area contributed by atoms with Crippen molar-refractivity contribution < 1.29 is 13.5 Å². The molecule has 0 radical (unpaired) electrons. The van der Waals surface area contributed by atoms with Crippen molar-refractivity contribution in [3.8, 4) is 0 Å². The number of aliphatic hydroxyl groups is 1. The zero-order valence-electron chi connectivity index (χ0n) is 10.5. The monoisotopic (exact) mass is 286 g/mol. The number of piperidine rings is 1. The first-order valence-corrected chi connectivity index (χ1v) is 7.56. The van der Waals surface area contributed by atoms with Crippen LogP contribution in [-0.4, -0.2) is 42.5 Å². The molecule has 2 heterocycles. The van der Waals surface area contributed by atoms with Crippen LogP contribution in [0.4, 0.5) is 5.69 Å². The van der Waals surface area contributed by atoms with Crippen molar-refractivity contribution in [2.45, 2.75) is 17.9 Å². The number of nitrogens with zero attached hydrogens (tertiary/aromatic N) is 2. The van der Waals surface area contributed by atoms with Gasteiger partial charge in [0.15, 0.2) is 5.03 Å². The minimum Gasteiger partial charge on any atom is -0.396 e. The summed E-state index contributed by atoms with van der Waals surface area (Å²) < 4.78 is 26.3. The van der Waals surface area contributed by atoms with Crippen molar-refractivity contribution in [3.05, 3.63) is 18.3 Å². The van der Waals surface area contributed by atoms with Gasteiger partial charge in [-0.3, -0.25) is 5.84 Å². The summed E-state index contributed by atoms with van der Waals surface area (Å²) in [5, 5.41) is 9.02. The highest BCUT2D eigenvalue weighted by Gasteiger charge is 2.31. The average Bonchev–Trinajstić information content (AvgIpc) is 2.47. The number of aliphatic hydroxyl groups excluding tert-OH is 1. The van der Waals surface area contributed by atoms with Gasteiger partial charge in [-0.2, -0.15) is 4.31 Å². The molecular formula is C11H18N4O3S. The van der Waals surface area contributed by atoms with Gasteiger partial charge >= 0.3 is 0 Å². The lowest BCUT2D eigenvalue weighted by Crippen LogP contribution is -2.39. The summed E-state index contributed by atoms with van der Waals surface area (Å²) in [6.45, 7) is 0.898. The first kappa shape index (κ1) is 14.2. The van der Waals surface area contributed by atoms with Crippen molar-refractivity contribution in [1.29, 1.82) is 0 Å². The Morgan fingerprint density at radius 3 is 2.74 bits per heavy atom. The summed E-state index contributed by atoms with van der Waals surface area (Å²) in [5.74, 6) is 5.50. The van der Waals surface area contributed by atoms with E-state index in [0.29, 0.717) is 25.9 Å². The Hall–Kier alpha value is -1.22. The molecule has 0 amide bonds. The SMILES string of the molecule is NNc1cccnc1S(=O)(=O)N1CCC(CO)CC1. The molecule has 0 bridgehead atoms. The summed E-state index contributed by atoms with van der Waals surface area (Å²) in [6.07, 6.45) is 2.75. The molecular weight excluding hydrogens is 268 g/mol. The van der Waals surface area contributed by atoms with Crippen LogP contribution in [0.25, 0.3) is 0 Å². The molecule has 106 valence electrons. The summed E-state index contributed by atoms with van der Waals surface area (Å²) in [5.41, 5.74) is 2.64. The van der Waals surface area contributed by atoms with Crippen LogP contribution in [-0.2, 0) is 10.0 Å². The Morgan fingerprint density at radius 1 is 1.47 bits per heavy atom. The maximum Gasteiger partial charge on any atom is 0.262 e. The standard InChI is InChI=1S/C11H18N4O3S/c12-14-10-2-1-5-13-11(10)19(17,18)15-6-3-9(8-16)4-7-15/h1-2,5,9,14,16H,3-4,6-8,12H2. The molecule has 0 unspecified atom stereocenters. The molecule has 1 aromatic heterocycles. The number of aromatic nitrogens is 1. The number of nitrogen functional groups attached to an aromatic ring is 1. The van der Waals surface area contributed by atoms with E-state index in [1.807, 2.05) is 0 Å². The Balaban J connectivity index is 2.23. The predicted molar refractivity (Wildman–Crippen MR) is 70.6 cm³/mol. The van der Waals surface area contributed by atoms with Gasteiger partial charge in [0.05, 0.1) is 5.69 Å². The van der Waals surface area contributed by atoms with Crippen molar-refractivity contribution >= 4 is 15.7 Å². The molecule has 1 saturated heterocycles. The van der Waals surface area contributed by atoms with E-state index in [9.17, 15) is 8.42 Å². The third-order valence-electron chi connectivity index (χ3n) is 3.34. The Labute approximate surface area is 112 Å². The van der Waals surface area contributed by atoms with Crippen molar-refractivity contribution in [2.75, 3.05) is 25.1 Å². The molecule has 0 spiro atoms. The zero-order valence-corrected chi connectivity index (χ0v) is 11.3. The second-order valence-electron chi connectivity index (χ2n) is 4.53. The number of sulfonamides is 1. The number of hydrogen-bond acceptors (Lipinski definition) is 6. The van der Waals surface area contributed by atoms with Gasteiger partial charge in [-0.1, -0.05) is 0 Å². The predicted octanol–water partition coefficient (Wildman–Crippen LogP) is -0.240. The third-order valence-corrected chi connectivity index (χ3v) is 5.20. The van der Waals surface area contributed by atoms with E-state index in [0.717, 1.165) is 0 Å². The summed E-state index contributed by atoms with van der Waals surface area (Å²) in [4.78, 5) is 3.91. The minimum atomic E-state index is -3.64. The highest BCUT2D eigenvalue weighted by Crippen LogP contribution is 2.25. The van der Waals surface area contributed by atoms with Crippen LogP contribution in [0.5, 0.6) is 0 Å². The summed E-state index contributed by atoms with van der Waals surface area (Å²) in [7, 11) is -3.64. The largest absolute Gasteiger partial charge is 0.396 e. The number of anilines is 1. The van der Waals surface area contributed by atoms with Gasteiger partial charge in [0.1, 0.15) is 0 Å². The van der Waals surface area contributed by atoms with Crippen LogP contribution in [0, 0.1) is 5.92 Å². The van der Waals surface area contributed by atoms with E-state index in [1.165, 1.54) is 10.5 Å². The number of hydrogen-bond donors (Lipinski definition) is 3. The lowest BCUT2D eigenvalue weighted by atomic mass is 10.00. The van der Waals surface area contributed by atoms with Crippen LogP contribution >= 0.6 is 0 Å². The lowest BCUT2D eigenvalue weighted by molar-refractivity contribution is 0.170. The van der Waals surface area contributed by atoms with E-state index >= 15 is 0 Å². The minimum absolute atomic E-state index is 0.0556. The Kier molecular flexibility index (Phi) is 4.35. The number of hydrazine groups is 1. The fourth-order valence-corrected chi connectivity index (χ4v) is 3.70. The third kappa shape index (κ3) is 2.86. The second-order valence-corrected chi connectivity index (χ2v) is 6.38. The number of nitrogens with one attached hydrogen (secondary N) is 1. The second kappa shape index (κ2) is 5.83. The van der Waals surface area contributed by atoms with Crippen LogP contribution in [0.1, 0.15) is 12.8 Å². The fraction of sp³-hybridized carbons (Fsp3) is 0.545. The topological polar surface area (TPSA) is 109 Å². The quantitative estimate of drug-likeness (QED) is 0.521. The van der Waals surface area contributed by atoms with Crippen LogP contribution < -0.4 is 11.3 Å². The van der Waals surface area contributed by atoms with Crippen LogP contribution in [0.3, 0.4) is 0 Å². The van der Waals surface area contributed by atoms with Gasteiger partial charge in [0, 0.05) is 25.9 Å². The number of pyridine rings is 1. The molecule has 7 nitrogen and oxygen atoms in total. The molecule has 0 atom stereocenters. The molecule has 1 aromatic rings. The number of rotatable bonds is 4. The normalized spacial score (nSPS) is 18.4. The highest BCUT2D eigenvalue weighted by atomic mass is 32.2. The van der Waals surface area contributed by atoms with E-state index in [1.54, 1.807) is 12.1 Å². The van der Waals surface area contributed by atoms with Gasteiger partial charge < -0.3 is 10.5 Å². The van der Waals surface area contributed by atoms with Crippen LogP contribution in [0.15, 0.2) is 23.4 Å². The van der Waals surface area contributed by atoms with Crippen molar-refractivity contribution in [1.82, 2.24) is 9.29 Å². The van der Waals surface area contributed by atoms with Gasteiger partial charge in [-0.15, -0.1) is 0 Å². The molecule has 0 aromatic carbocycles. The molecule has 0 aliphatic carbocycles. The molecule has 0 saturated carbocycles. The lowest BCUT2D eigenvalue weighted by Gasteiger charge is -2.30. The van der Waals surface area contributed by atoms with E-state index < -0.39 is 10.0 Å². The smallest absolute Gasteiger partial charge is 0.262 e. The van der Waals surface area contributed by atoms with E-state index in [2.05, 4.69) is 10.4 Å². The first-order chi connectivity index (χ1) is 9.09. The van der Waals surface area contributed by atoms with Crippen LogP contribution in [0.2, 0.25) is 0 Å². The van der Waals surface area contributed by atoms with Gasteiger partial charge in [-0.05, 0) is 30.9 Å². The van der Waals surface area contributed by atoms with E-state index in [-0.39, 0.29) is 23.2 Å². The van der Waals surface area contributed by atoms with Gasteiger partial charge in [-0.25, -0.2) is 13.4 Å². The molecule has 4 N–H and O–H groups in total. The summed E-state index contributed by atoms with van der Waals surface area (Å²) in [6, 6.07) is 3.19. The molecule has 19 heavy (non-hydrogen) atoms. The maximum absolute atomic E-state index is 12.5. The van der Waals surface area contributed by atoms with E-state index in [4.69, 9.17) is 10.9 Å². The highest BCUT2D eigenvalue weighted by molar-refractivity contribution is 7.89.